The summed E-state index contributed by atoms with van der Waals surface area (Å²) in [6, 6.07) is 8.03. The van der Waals surface area contributed by atoms with E-state index in [-0.39, 0.29) is 0 Å². The summed E-state index contributed by atoms with van der Waals surface area (Å²) in [6.45, 7) is 4.22. The quantitative estimate of drug-likeness (QED) is 0.746. The average molecular weight is 238 g/mol. The van der Waals surface area contributed by atoms with Crippen LogP contribution in [-0.4, -0.2) is 20.2 Å². The Morgan fingerprint density at radius 3 is 2.67 bits per heavy atom. The van der Waals surface area contributed by atoms with E-state index in [1.165, 1.54) is 0 Å². The SMILES string of the molecule is CC(C)c1ccc(-c2ccnc3[nH]ccc23)nn1. The predicted octanol–water partition coefficient (Wildman–Crippen LogP) is 3.14. The smallest absolute Gasteiger partial charge is 0.137 e. The van der Waals surface area contributed by atoms with Crippen LogP contribution in [0.4, 0.5) is 0 Å². The first-order chi connectivity index (χ1) is 8.75. The van der Waals surface area contributed by atoms with E-state index in [0.717, 1.165) is 28.0 Å². The normalized spacial score (nSPS) is 11.3. The van der Waals surface area contributed by atoms with Crippen molar-refractivity contribution < 1.29 is 0 Å². The molecule has 0 radical (unpaired) electrons. The van der Waals surface area contributed by atoms with Gasteiger partial charge in [-0.3, -0.25) is 0 Å². The van der Waals surface area contributed by atoms with Crippen LogP contribution in [0.2, 0.25) is 0 Å². The Balaban J connectivity index is 2.11. The molecular formula is C14H14N4. The van der Waals surface area contributed by atoms with Crippen LogP contribution < -0.4 is 0 Å². The molecule has 18 heavy (non-hydrogen) atoms. The van der Waals surface area contributed by atoms with Gasteiger partial charge < -0.3 is 4.98 Å². The molecule has 1 N–H and O–H groups in total. The minimum Gasteiger partial charge on any atom is -0.346 e. The Morgan fingerprint density at radius 2 is 1.94 bits per heavy atom. The molecule has 0 atom stereocenters. The molecular weight excluding hydrogens is 224 g/mol. The van der Waals surface area contributed by atoms with Gasteiger partial charge in [0, 0.05) is 23.3 Å². The second kappa shape index (κ2) is 4.22. The molecule has 4 heteroatoms. The number of aromatic nitrogens is 4. The Morgan fingerprint density at radius 1 is 1.06 bits per heavy atom. The molecule has 3 aromatic rings. The summed E-state index contributed by atoms with van der Waals surface area (Å²) in [5, 5.41) is 9.65. The zero-order valence-corrected chi connectivity index (χ0v) is 10.4. The van der Waals surface area contributed by atoms with Crippen molar-refractivity contribution >= 4 is 11.0 Å². The molecule has 3 rings (SSSR count). The molecule has 0 bridgehead atoms. The summed E-state index contributed by atoms with van der Waals surface area (Å²) in [6.07, 6.45) is 3.67. The fourth-order valence-corrected chi connectivity index (χ4v) is 1.98. The molecule has 0 unspecified atom stereocenters. The maximum atomic E-state index is 4.31. The van der Waals surface area contributed by atoms with Crippen LogP contribution >= 0.6 is 0 Å². The van der Waals surface area contributed by atoms with Crippen molar-refractivity contribution in [1.82, 2.24) is 20.2 Å². The van der Waals surface area contributed by atoms with Crippen molar-refractivity contribution in [2.24, 2.45) is 0 Å². The van der Waals surface area contributed by atoms with Gasteiger partial charge in [0.2, 0.25) is 0 Å². The van der Waals surface area contributed by atoms with Gasteiger partial charge in [-0.05, 0) is 30.2 Å². The van der Waals surface area contributed by atoms with Crippen LogP contribution in [0.1, 0.15) is 25.5 Å². The highest BCUT2D eigenvalue weighted by molar-refractivity contribution is 5.91. The monoisotopic (exact) mass is 238 g/mol. The molecule has 90 valence electrons. The average Bonchev–Trinajstić information content (AvgIpc) is 2.87. The molecule has 3 heterocycles. The first-order valence-electron chi connectivity index (χ1n) is 6.02. The molecule has 0 saturated carbocycles. The molecule has 0 saturated heterocycles. The third kappa shape index (κ3) is 1.76. The van der Waals surface area contributed by atoms with Gasteiger partial charge >= 0.3 is 0 Å². The van der Waals surface area contributed by atoms with Gasteiger partial charge in [-0.1, -0.05) is 13.8 Å². The number of fused-ring (bicyclic) bond motifs is 1. The van der Waals surface area contributed by atoms with Crippen molar-refractivity contribution in [3.63, 3.8) is 0 Å². The van der Waals surface area contributed by atoms with Gasteiger partial charge in [-0.15, -0.1) is 0 Å². The molecule has 0 aliphatic rings. The molecule has 0 aromatic carbocycles. The number of H-pyrrole nitrogens is 1. The van der Waals surface area contributed by atoms with Crippen LogP contribution in [-0.2, 0) is 0 Å². The second-order valence-electron chi connectivity index (χ2n) is 4.60. The summed E-state index contributed by atoms with van der Waals surface area (Å²) in [5.41, 5.74) is 3.83. The minimum atomic E-state index is 0.399. The van der Waals surface area contributed by atoms with Crippen molar-refractivity contribution in [2.45, 2.75) is 19.8 Å². The van der Waals surface area contributed by atoms with Gasteiger partial charge in [0.15, 0.2) is 0 Å². The number of hydrogen-bond donors (Lipinski definition) is 1. The molecule has 0 spiro atoms. The summed E-state index contributed by atoms with van der Waals surface area (Å²) >= 11 is 0. The third-order valence-corrected chi connectivity index (χ3v) is 3.01. The lowest BCUT2D eigenvalue weighted by atomic mass is 10.1. The van der Waals surface area contributed by atoms with Crippen molar-refractivity contribution in [3.05, 3.63) is 42.4 Å². The number of nitrogens with one attached hydrogen (secondary N) is 1. The lowest BCUT2D eigenvalue weighted by Crippen LogP contribution is -1.96. The largest absolute Gasteiger partial charge is 0.346 e. The first-order valence-corrected chi connectivity index (χ1v) is 6.02. The maximum absolute atomic E-state index is 4.31. The van der Waals surface area contributed by atoms with Crippen LogP contribution in [0.25, 0.3) is 22.3 Å². The van der Waals surface area contributed by atoms with Gasteiger partial charge in [0.25, 0.3) is 0 Å². The number of rotatable bonds is 2. The highest BCUT2D eigenvalue weighted by atomic mass is 15.1. The molecule has 3 aromatic heterocycles. The molecule has 4 nitrogen and oxygen atoms in total. The number of aromatic amines is 1. The summed E-state index contributed by atoms with van der Waals surface area (Å²) < 4.78 is 0. The van der Waals surface area contributed by atoms with Crippen molar-refractivity contribution in [1.29, 1.82) is 0 Å². The first kappa shape index (κ1) is 10.9. The highest BCUT2D eigenvalue weighted by Crippen LogP contribution is 2.25. The fraction of sp³-hybridized carbons (Fsp3) is 0.214. The van der Waals surface area contributed by atoms with Gasteiger partial charge in [-0.25, -0.2) is 4.98 Å². The van der Waals surface area contributed by atoms with E-state index in [1.54, 1.807) is 6.20 Å². The topological polar surface area (TPSA) is 54.5 Å². The Kier molecular flexibility index (Phi) is 2.55. The van der Waals surface area contributed by atoms with E-state index in [1.807, 2.05) is 30.5 Å². The number of hydrogen-bond acceptors (Lipinski definition) is 3. The van der Waals surface area contributed by atoms with Gasteiger partial charge in [0.05, 0.1) is 11.4 Å². The second-order valence-corrected chi connectivity index (χ2v) is 4.60. The van der Waals surface area contributed by atoms with E-state index in [2.05, 4.69) is 34.0 Å². The summed E-state index contributed by atoms with van der Waals surface area (Å²) in [7, 11) is 0. The van der Waals surface area contributed by atoms with E-state index < -0.39 is 0 Å². The standard InChI is InChI=1S/C14H14N4/c1-9(2)12-3-4-13(18-17-12)10-5-7-15-14-11(10)6-8-16-14/h3-9H,1-2H3,(H,15,16). The molecule has 0 amide bonds. The third-order valence-electron chi connectivity index (χ3n) is 3.01. The molecule has 0 aliphatic carbocycles. The Hall–Kier alpha value is -2.23. The zero-order valence-electron chi connectivity index (χ0n) is 10.4. The van der Waals surface area contributed by atoms with Crippen LogP contribution in [0.3, 0.4) is 0 Å². The van der Waals surface area contributed by atoms with E-state index in [4.69, 9.17) is 0 Å². The summed E-state index contributed by atoms with van der Waals surface area (Å²) in [4.78, 5) is 7.37. The van der Waals surface area contributed by atoms with E-state index in [9.17, 15) is 0 Å². The van der Waals surface area contributed by atoms with Crippen molar-refractivity contribution in [3.8, 4) is 11.3 Å². The van der Waals surface area contributed by atoms with Crippen LogP contribution in [0, 0.1) is 0 Å². The molecule has 0 aliphatic heterocycles. The Bertz CT molecular complexity index is 668. The van der Waals surface area contributed by atoms with Gasteiger partial charge in [0.1, 0.15) is 5.65 Å². The van der Waals surface area contributed by atoms with Crippen molar-refractivity contribution in [2.75, 3.05) is 0 Å². The van der Waals surface area contributed by atoms with Crippen LogP contribution in [0.15, 0.2) is 36.7 Å². The number of nitrogens with zero attached hydrogens (tertiary/aromatic N) is 3. The predicted molar refractivity (Wildman–Crippen MR) is 71.2 cm³/mol. The fourth-order valence-electron chi connectivity index (χ4n) is 1.98. The van der Waals surface area contributed by atoms with E-state index >= 15 is 0 Å². The maximum Gasteiger partial charge on any atom is 0.137 e. The lowest BCUT2D eigenvalue weighted by Gasteiger charge is -2.05. The number of pyridine rings is 1. The zero-order chi connectivity index (χ0) is 12.5. The summed E-state index contributed by atoms with van der Waals surface area (Å²) in [5.74, 6) is 0.399. The highest BCUT2D eigenvalue weighted by Gasteiger charge is 2.08. The van der Waals surface area contributed by atoms with Crippen LogP contribution in [0.5, 0.6) is 0 Å². The lowest BCUT2D eigenvalue weighted by molar-refractivity contribution is 0.787. The Labute approximate surface area is 105 Å². The van der Waals surface area contributed by atoms with E-state index in [0.29, 0.717) is 5.92 Å². The van der Waals surface area contributed by atoms with Gasteiger partial charge in [-0.2, -0.15) is 10.2 Å². The molecule has 0 fully saturated rings. The minimum absolute atomic E-state index is 0.399.